The Balaban J connectivity index is 0.00000155. The molecule has 53 heavy (non-hydrogen) atoms. The maximum atomic E-state index is 6.46. The van der Waals surface area contributed by atoms with Crippen molar-refractivity contribution in [1.82, 2.24) is 9.97 Å². The molecule has 0 saturated heterocycles. The summed E-state index contributed by atoms with van der Waals surface area (Å²) in [7, 11) is 9.90. The predicted molar refractivity (Wildman–Crippen MR) is 219 cm³/mol. The van der Waals surface area contributed by atoms with Crippen molar-refractivity contribution in [2.24, 2.45) is 0 Å². The predicted octanol–water partition coefficient (Wildman–Crippen LogP) is 13.2. The number of fused-ring (bicyclic) bond motifs is 3. The van der Waals surface area contributed by atoms with Crippen LogP contribution in [0.15, 0.2) is 133 Å². The van der Waals surface area contributed by atoms with Crippen LogP contribution in [0.5, 0.6) is 11.5 Å². The second kappa shape index (κ2) is 16.8. The Morgan fingerprint density at radius 3 is 1.21 bits per heavy atom. The number of hydrogen-bond acceptors (Lipinski definition) is 4. The van der Waals surface area contributed by atoms with E-state index in [0.29, 0.717) is 13.2 Å². The number of hydrogen-bond donors (Lipinski definition) is 0. The van der Waals surface area contributed by atoms with Crippen LogP contribution in [0.2, 0.25) is 0 Å². The Labute approximate surface area is 329 Å². The first-order chi connectivity index (χ1) is 25.4. The van der Waals surface area contributed by atoms with Gasteiger partial charge in [-0.25, -0.2) is 9.97 Å². The first-order valence-corrected chi connectivity index (χ1v) is 25.7. The summed E-state index contributed by atoms with van der Waals surface area (Å²) < 4.78 is 12.9. The van der Waals surface area contributed by atoms with Gasteiger partial charge in [0, 0.05) is 21.9 Å². The number of benzene rings is 5. The number of rotatable bonds is 8. The summed E-state index contributed by atoms with van der Waals surface area (Å²) in [5.41, 5.74) is 9.99. The van der Waals surface area contributed by atoms with E-state index in [1.54, 1.807) is 0 Å². The molecule has 7 rings (SSSR count). The Morgan fingerprint density at radius 1 is 0.491 bits per heavy atom. The van der Waals surface area contributed by atoms with Crippen LogP contribution < -0.4 is 9.47 Å². The SMILES string of the molecule is CC(C)(C)c1ccc(OCc2ccccc2)c(-c2ccc3ccc4ccc(-c5cc(C(C)(C)C)ccc5OCc5ccccc5)nc4c3n2)c1.[Cl][Zn][Cl]. The molecule has 7 heteroatoms. The average Bonchev–Trinajstić information content (AvgIpc) is 3.16. The van der Waals surface area contributed by atoms with Crippen LogP contribution in [-0.4, -0.2) is 9.97 Å². The maximum absolute atomic E-state index is 6.46. The van der Waals surface area contributed by atoms with Gasteiger partial charge in [-0.3, -0.25) is 0 Å². The molecule has 0 N–H and O–H groups in total. The summed E-state index contributed by atoms with van der Waals surface area (Å²) in [6.07, 6.45) is 0. The number of nitrogens with zero attached hydrogens (tertiary/aromatic N) is 2. The van der Waals surface area contributed by atoms with E-state index in [1.807, 2.05) is 36.4 Å². The van der Waals surface area contributed by atoms with Crippen LogP contribution in [0.4, 0.5) is 0 Å². The van der Waals surface area contributed by atoms with Crippen LogP contribution in [0.3, 0.4) is 0 Å². The van der Waals surface area contributed by atoms with Crippen LogP contribution in [-0.2, 0) is 39.2 Å². The minimum absolute atomic E-state index is 0.0331. The van der Waals surface area contributed by atoms with Gasteiger partial charge < -0.3 is 9.47 Å². The van der Waals surface area contributed by atoms with Gasteiger partial charge in [-0.05, 0) is 69.5 Å². The van der Waals surface area contributed by atoms with Crippen molar-refractivity contribution in [3.05, 3.63) is 156 Å². The van der Waals surface area contributed by atoms with E-state index in [4.69, 9.17) is 38.8 Å². The summed E-state index contributed by atoms with van der Waals surface area (Å²) in [6.45, 7) is 14.3. The van der Waals surface area contributed by atoms with Crippen molar-refractivity contribution in [2.45, 2.75) is 65.6 Å². The Bertz CT molecular complexity index is 2150. The molecule has 0 aliphatic heterocycles. The Hall–Kier alpha value is -4.28. The molecule has 0 spiro atoms. The zero-order valence-electron chi connectivity index (χ0n) is 31.3. The van der Waals surface area contributed by atoms with Gasteiger partial charge in [0.25, 0.3) is 0 Å². The van der Waals surface area contributed by atoms with E-state index in [9.17, 15) is 0 Å². The van der Waals surface area contributed by atoms with Crippen molar-refractivity contribution in [3.8, 4) is 34.0 Å². The van der Waals surface area contributed by atoms with Gasteiger partial charge >= 0.3 is 34.5 Å². The first-order valence-electron chi connectivity index (χ1n) is 17.9. The molecule has 0 unspecified atom stereocenters. The van der Waals surface area contributed by atoms with E-state index in [0.717, 1.165) is 66.9 Å². The van der Waals surface area contributed by atoms with Gasteiger partial charge in [0.15, 0.2) is 0 Å². The number of pyridine rings is 2. The Kier molecular flexibility index (Phi) is 12.2. The van der Waals surface area contributed by atoms with E-state index < -0.39 is 15.1 Å². The molecule has 0 aliphatic carbocycles. The summed E-state index contributed by atoms with van der Waals surface area (Å²) in [5, 5.41) is 2.07. The molecule has 0 atom stereocenters. The first kappa shape index (κ1) is 38.4. The summed E-state index contributed by atoms with van der Waals surface area (Å²) >= 11 is -0.931. The molecule has 0 aliphatic rings. The van der Waals surface area contributed by atoms with Gasteiger partial charge in [0.1, 0.15) is 24.7 Å². The second-order valence-electron chi connectivity index (χ2n) is 15.2. The van der Waals surface area contributed by atoms with Crippen LogP contribution in [0.25, 0.3) is 44.3 Å². The summed E-state index contributed by atoms with van der Waals surface area (Å²) in [4.78, 5) is 10.7. The van der Waals surface area contributed by atoms with Crippen molar-refractivity contribution < 1.29 is 24.6 Å². The molecule has 0 amide bonds. The van der Waals surface area contributed by atoms with Crippen LogP contribution >= 0.6 is 19.4 Å². The molecule has 0 fully saturated rings. The van der Waals surface area contributed by atoms with Crippen LogP contribution in [0.1, 0.15) is 63.8 Å². The van der Waals surface area contributed by atoms with Crippen LogP contribution in [0, 0.1) is 0 Å². The molecule has 2 aromatic heterocycles. The van der Waals surface area contributed by atoms with Crippen molar-refractivity contribution >= 4 is 41.2 Å². The zero-order chi connectivity index (χ0) is 37.6. The average molecular weight is 793 g/mol. The fourth-order valence-corrected chi connectivity index (χ4v) is 6.18. The molecule has 0 bridgehead atoms. The third-order valence-corrected chi connectivity index (χ3v) is 9.24. The van der Waals surface area contributed by atoms with Gasteiger partial charge in [-0.2, -0.15) is 0 Å². The molecule has 7 aromatic rings. The molecule has 5 aromatic carbocycles. The molecular weight excluding hydrogens is 749 g/mol. The number of aromatic nitrogens is 2. The quantitative estimate of drug-likeness (QED) is 0.114. The number of ether oxygens (including phenoxy) is 2. The molecule has 4 nitrogen and oxygen atoms in total. The van der Waals surface area contributed by atoms with Gasteiger partial charge in [-0.1, -0.05) is 139 Å². The minimum atomic E-state index is -0.931. The third-order valence-electron chi connectivity index (χ3n) is 9.24. The van der Waals surface area contributed by atoms with E-state index in [1.165, 1.54) is 11.1 Å². The fourth-order valence-electron chi connectivity index (χ4n) is 6.18. The monoisotopic (exact) mass is 790 g/mol. The second-order valence-corrected chi connectivity index (χ2v) is 19.8. The Morgan fingerprint density at radius 2 is 0.849 bits per heavy atom. The molecule has 2 heterocycles. The third kappa shape index (κ3) is 9.46. The van der Waals surface area contributed by atoms with E-state index in [-0.39, 0.29) is 10.8 Å². The topological polar surface area (TPSA) is 44.2 Å². The molecule has 266 valence electrons. The van der Waals surface area contributed by atoms with Gasteiger partial charge in [0.2, 0.25) is 0 Å². The van der Waals surface area contributed by atoms with Crippen molar-refractivity contribution in [1.29, 1.82) is 0 Å². The van der Waals surface area contributed by atoms with Crippen molar-refractivity contribution in [3.63, 3.8) is 0 Å². The van der Waals surface area contributed by atoms with Crippen molar-refractivity contribution in [2.75, 3.05) is 0 Å². The summed E-state index contributed by atoms with van der Waals surface area (Å²) in [6, 6.07) is 46.2. The molecular formula is C46H44Cl2N2O2Zn. The van der Waals surface area contributed by atoms with Gasteiger partial charge in [0.05, 0.1) is 22.4 Å². The zero-order valence-corrected chi connectivity index (χ0v) is 35.8. The van der Waals surface area contributed by atoms with E-state index >= 15 is 0 Å². The van der Waals surface area contributed by atoms with Gasteiger partial charge in [-0.15, -0.1) is 0 Å². The number of halogens is 2. The normalized spacial score (nSPS) is 11.5. The molecule has 0 radical (unpaired) electrons. The standard InChI is InChI=1S/C46H44N2O2.2ClH.Zn/c1-45(2,3)35-21-25-41(49-29-31-13-9-7-10-14-31)37(27-35)39-23-19-33-17-18-34-20-24-40(48-44(34)43(33)47-39)38-28-36(46(4,5)6)22-26-42(38)50-30-32-15-11-8-12-16-32;;;/h7-28H,29-30H2,1-6H3;2*1H;/q;;;+2/p-2. The van der Waals surface area contributed by atoms with E-state index in [2.05, 4.69) is 139 Å². The summed E-state index contributed by atoms with van der Waals surface area (Å²) in [5.74, 6) is 1.61. The fraction of sp³-hybridized carbons (Fsp3) is 0.217. The molecule has 0 saturated carbocycles.